The van der Waals surface area contributed by atoms with Crippen molar-refractivity contribution in [2.24, 2.45) is 0 Å². The first-order chi connectivity index (χ1) is 14.5. The topological polar surface area (TPSA) is 72.0 Å². The Labute approximate surface area is 173 Å². The lowest BCUT2D eigenvalue weighted by molar-refractivity contribution is 0.407. The summed E-state index contributed by atoms with van der Waals surface area (Å²) in [4.78, 5) is 19.7. The number of nitrogens with zero attached hydrogens (tertiary/aromatic N) is 3. The van der Waals surface area contributed by atoms with E-state index in [1.807, 2.05) is 47.1 Å². The first kappa shape index (κ1) is 18.7. The van der Waals surface area contributed by atoms with Crippen LogP contribution in [0.2, 0.25) is 0 Å². The lowest BCUT2D eigenvalue weighted by atomic mass is 10.1. The van der Waals surface area contributed by atoms with Crippen molar-refractivity contribution in [2.45, 2.75) is 25.9 Å². The van der Waals surface area contributed by atoms with E-state index in [-0.39, 0.29) is 0 Å². The Balaban J connectivity index is 1.53. The zero-order valence-corrected chi connectivity index (χ0v) is 17.3. The SMILES string of the molecule is COc1ccn2cc(-c3cc4ccc(N5CC(C)NC(C)C5)cc4oc3=O)nc2c1. The second-order valence-corrected chi connectivity index (χ2v) is 8.00. The summed E-state index contributed by atoms with van der Waals surface area (Å²) in [5.41, 5.74) is 3.00. The van der Waals surface area contributed by atoms with Crippen molar-refractivity contribution >= 4 is 22.3 Å². The fourth-order valence-corrected chi connectivity index (χ4v) is 4.23. The number of fused-ring (bicyclic) bond motifs is 2. The average molecular weight is 404 g/mol. The first-order valence-electron chi connectivity index (χ1n) is 10.1. The fraction of sp³-hybridized carbons (Fsp3) is 0.304. The molecule has 0 aliphatic carbocycles. The second kappa shape index (κ2) is 7.18. The molecule has 0 bridgehead atoms. The van der Waals surface area contributed by atoms with Crippen LogP contribution in [0.25, 0.3) is 27.9 Å². The predicted octanol–water partition coefficient (Wildman–Crippen LogP) is 3.30. The maximum absolute atomic E-state index is 12.8. The van der Waals surface area contributed by atoms with Gasteiger partial charge < -0.3 is 23.8 Å². The Morgan fingerprint density at radius 3 is 2.70 bits per heavy atom. The summed E-state index contributed by atoms with van der Waals surface area (Å²) < 4.78 is 12.8. The molecule has 2 atom stereocenters. The van der Waals surface area contributed by atoms with Crippen LogP contribution in [0.1, 0.15) is 13.8 Å². The van der Waals surface area contributed by atoms with Gasteiger partial charge in [0.15, 0.2) is 0 Å². The Bertz CT molecular complexity index is 1280. The molecule has 0 amide bonds. The highest BCUT2D eigenvalue weighted by molar-refractivity contribution is 5.84. The third-order valence-electron chi connectivity index (χ3n) is 5.59. The van der Waals surface area contributed by atoms with Gasteiger partial charge in [0.25, 0.3) is 0 Å². The lowest BCUT2D eigenvalue weighted by Gasteiger charge is -2.37. The Hall–Kier alpha value is -3.32. The Morgan fingerprint density at radius 2 is 1.93 bits per heavy atom. The van der Waals surface area contributed by atoms with Crippen LogP contribution < -0.4 is 20.6 Å². The van der Waals surface area contributed by atoms with E-state index in [2.05, 4.69) is 35.1 Å². The predicted molar refractivity (Wildman–Crippen MR) is 117 cm³/mol. The number of anilines is 1. The standard InChI is InChI=1S/C23H24N4O3/c1-14-11-27(12-15(2)24-14)17-5-4-16-8-19(23(28)30-21(16)9-17)20-13-26-7-6-18(29-3)10-22(26)25-20/h4-10,13-15,24H,11-12H2,1-3H3. The third-order valence-corrected chi connectivity index (χ3v) is 5.59. The number of aromatic nitrogens is 2. The van der Waals surface area contributed by atoms with Gasteiger partial charge in [-0.25, -0.2) is 9.78 Å². The number of pyridine rings is 1. The zero-order chi connectivity index (χ0) is 20.8. The Morgan fingerprint density at radius 1 is 1.13 bits per heavy atom. The molecule has 1 aromatic carbocycles. The van der Waals surface area contributed by atoms with Crippen LogP contribution in [-0.2, 0) is 0 Å². The largest absolute Gasteiger partial charge is 0.497 e. The molecule has 154 valence electrons. The molecule has 1 saturated heterocycles. The molecule has 1 aliphatic heterocycles. The van der Waals surface area contributed by atoms with Crippen molar-refractivity contribution in [1.29, 1.82) is 0 Å². The van der Waals surface area contributed by atoms with Crippen LogP contribution >= 0.6 is 0 Å². The van der Waals surface area contributed by atoms with E-state index in [0.29, 0.717) is 40.3 Å². The molecule has 4 aromatic rings. The molecule has 0 saturated carbocycles. The number of rotatable bonds is 3. The van der Waals surface area contributed by atoms with E-state index in [0.717, 1.165) is 24.2 Å². The molecule has 1 fully saturated rings. The molecule has 30 heavy (non-hydrogen) atoms. The molecular weight excluding hydrogens is 380 g/mol. The summed E-state index contributed by atoms with van der Waals surface area (Å²) >= 11 is 0. The highest BCUT2D eigenvalue weighted by Gasteiger charge is 2.21. The molecule has 7 nitrogen and oxygen atoms in total. The number of methoxy groups -OCH3 is 1. The molecular formula is C23H24N4O3. The van der Waals surface area contributed by atoms with Gasteiger partial charge >= 0.3 is 5.63 Å². The van der Waals surface area contributed by atoms with E-state index >= 15 is 0 Å². The van der Waals surface area contributed by atoms with Gasteiger partial charge in [0.1, 0.15) is 17.0 Å². The molecule has 4 heterocycles. The maximum atomic E-state index is 12.8. The van der Waals surface area contributed by atoms with E-state index in [9.17, 15) is 4.79 Å². The molecule has 0 spiro atoms. The van der Waals surface area contributed by atoms with Gasteiger partial charge in [-0.15, -0.1) is 0 Å². The summed E-state index contributed by atoms with van der Waals surface area (Å²) in [5.74, 6) is 0.717. The fourth-order valence-electron chi connectivity index (χ4n) is 4.23. The summed E-state index contributed by atoms with van der Waals surface area (Å²) in [6.07, 6.45) is 3.68. The van der Waals surface area contributed by atoms with Crippen molar-refractivity contribution in [3.63, 3.8) is 0 Å². The molecule has 2 unspecified atom stereocenters. The maximum Gasteiger partial charge on any atom is 0.345 e. The number of ether oxygens (including phenoxy) is 1. The highest BCUT2D eigenvalue weighted by Crippen LogP contribution is 2.26. The summed E-state index contributed by atoms with van der Waals surface area (Å²) in [7, 11) is 1.61. The number of piperazine rings is 1. The van der Waals surface area contributed by atoms with Crippen LogP contribution in [0, 0.1) is 0 Å². The first-order valence-corrected chi connectivity index (χ1v) is 10.1. The van der Waals surface area contributed by atoms with Crippen molar-refractivity contribution in [3.8, 4) is 17.0 Å². The number of hydrogen-bond acceptors (Lipinski definition) is 6. The van der Waals surface area contributed by atoms with Crippen LogP contribution in [0.4, 0.5) is 5.69 Å². The smallest absolute Gasteiger partial charge is 0.345 e. The number of hydrogen-bond donors (Lipinski definition) is 1. The molecule has 1 N–H and O–H groups in total. The van der Waals surface area contributed by atoms with Gasteiger partial charge in [-0.1, -0.05) is 0 Å². The molecule has 3 aromatic heterocycles. The minimum absolute atomic E-state index is 0.392. The van der Waals surface area contributed by atoms with E-state index in [1.165, 1.54) is 0 Å². The quantitative estimate of drug-likeness (QED) is 0.528. The van der Waals surface area contributed by atoms with Gasteiger partial charge in [0, 0.05) is 60.8 Å². The van der Waals surface area contributed by atoms with Gasteiger partial charge in [0.2, 0.25) is 0 Å². The van der Waals surface area contributed by atoms with Gasteiger partial charge in [-0.05, 0) is 38.1 Å². The van der Waals surface area contributed by atoms with Gasteiger partial charge in [0.05, 0.1) is 18.4 Å². The third kappa shape index (κ3) is 3.31. The van der Waals surface area contributed by atoms with E-state index in [4.69, 9.17) is 9.15 Å². The monoisotopic (exact) mass is 404 g/mol. The molecule has 1 aliphatic rings. The number of benzene rings is 1. The average Bonchev–Trinajstić information content (AvgIpc) is 3.15. The second-order valence-electron chi connectivity index (χ2n) is 8.00. The minimum atomic E-state index is -0.392. The van der Waals surface area contributed by atoms with Crippen LogP contribution in [0.5, 0.6) is 5.75 Å². The summed E-state index contributed by atoms with van der Waals surface area (Å²) in [5, 5.41) is 4.41. The van der Waals surface area contributed by atoms with Crippen LogP contribution in [-0.4, -0.2) is 41.7 Å². The number of nitrogens with one attached hydrogen (secondary N) is 1. The summed E-state index contributed by atoms with van der Waals surface area (Å²) in [6.45, 7) is 6.20. The molecule has 5 rings (SSSR count). The van der Waals surface area contributed by atoms with Gasteiger partial charge in [-0.3, -0.25) is 0 Å². The summed E-state index contributed by atoms with van der Waals surface area (Å²) in [6, 6.07) is 12.4. The normalized spacial score (nSPS) is 19.5. The number of imidazole rings is 1. The lowest BCUT2D eigenvalue weighted by Crippen LogP contribution is -2.54. The van der Waals surface area contributed by atoms with Crippen LogP contribution in [0.3, 0.4) is 0 Å². The van der Waals surface area contributed by atoms with Crippen molar-refractivity contribution < 1.29 is 9.15 Å². The van der Waals surface area contributed by atoms with Crippen molar-refractivity contribution in [2.75, 3.05) is 25.1 Å². The van der Waals surface area contributed by atoms with E-state index < -0.39 is 5.63 Å². The van der Waals surface area contributed by atoms with Crippen LogP contribution in [0.15, 0.2) is 58.0 Å². The Kier molecular flexibility index (Phi) is 4.47. The molecule has 0 radical (unpaired) electrons. The van der Waals surface area contributed by atoms with Crippen molar-refractivity contribution in [3.05, 3.63) is 59.2 Å². The zero-order valence-electron chi connectivity index (χ0n) is 17.3. The minimum Gasteiger partial charge on any atom is -0.497 e. The molecule has 7 heteroatoms. The van der Waals surface area contributed by atoms with Crippen molar-refractivity contribution in [1.82, 2.24) is 14.7 Å². The highest BCUT2D eigenvalue weighted by atomic mass is 16.5. The van der Waals surface area contributed by atoms with Gasteiger partial charge in [-0.2, -0.15) is 0 Å². The van der Waals surface area contributed by atoms with E-state index in [1.54, 1.807) is 7.11 Å².